The Morgan fingerprint density at radius 1 is 1.11 bits per heavy atom. The minimum atomic E-state index is -0.860. The maximum atomic E-state index is 12.6. The Bertz CT molecular complexity index is 498. The van der Waals surface area contributed by atoms with Gasteiger partial charge in [-0.15, -0.1) is 0 Å². The standard InChI is InChI=1S/C15H20N2O2/c1-11(2)10-15(12-8-6-5-7-9-12)13(18)16(3)14(19)17(15)4/h5-9,11H,10H2,1-4H3. The molecule has 102 valence electrons. The number of hydrogen-bond donors (Lipinski definition) is 0. The van der Waals surface area contributed by atoms with Crippen LogP contribution in [0.15, 0.2) is 30.3 Å². The Morgan fingerprint density at radius 3 is 2.11 bits per heavy atom. The molecule has 19 heavy (non-hydrogen) atoms. The highest BCUT2D eigenvalue weighted by atomic mass is 16.2. The first-order chi connectivity index (χ1) is 8.91. The molecule has 0 spiro atoms. The molecule has 0 bridgehead atoms. The minimum Gasteiger partial charge on any atom is -0.308 e. The fourth-order valence-electron chi connectivity index (χ4n) is 2.86. The van der Waals surface area contributed by atoms with Gasteiger partial charge in [-0.3, -0.25) is 9.69 Å². The minimum absolute atomic E-state index is 0.139. The molecular formula is C15H20N2O2. The number of hydrogen-bond acceptors (Lipinski definition) is 2. The van der Waals surface area contributed by atoms with Crippen LogP contribution in [0.4, 0.5) is 4.79 Å². The van der Waals surface area contributed by atoms with E-state index >= 15 is 0 Å². The maximum Gasteiger partial charge on any atom is 0.327 e. The van der Waals surface area contributed by atoms with Crippen molar-refractivity contribution in [1.82, 2.24) is 9.80 Å². The van der Waals surface area contributed by atoms with Crippen molar-refractivity contribution in [3.63, 3.8) is 0 Å². The van der Waals surface area contributed by atoms with Crippen LogP contribution in [0.25, 0.3) is 0 Å². The molecule has 0 aromatic heterocycles. The van der Waals surface area contributed by atoms with Gasteiger partial charge in [-0.05, 0) is 17.9 Å². The second kappa shape index (κ2) is 4.68. The van der Waals surface area contributed by atoms with Crippen LogP contribution in [-0.2, 0) is 10.3 Å². The lowest BCUT2D eigenvalue weighted by Gasteiger charge is -2.34. The largest absolute Gasteiger partial charge is 0.327 e. The highest BCUT2D eigenvalue weighted by Gasteiger charge is 2.55. The molecule has 0 N–H and O–H groups in total. The van der Waals surface area contributed by atoms with Crippen LogP contribution < -0.4 is 0 Å². The molecule has 2 rings (SSSR count). The topological polar surface area (TPSA) is 40.6 Å². The predicted molar refractivity (Wildman–Crippen MR) is 73.5 cm³/mol. The predicted octanol–water partition coefficient (Wildman–Crippen LogP) is 2.45. The molecule has 1 saturated heterocycles. The summed E-state index contributed by atoms with van der Waals surface area (Å²) >= 11 is 0. The molecule has 1 aromatic rings. The molecule has 0 aliphatic carbocycles. The SMILES string of the molecule is CC(C)CC1(c2ccccc2)C(=O)N(C)C(=O)N1C. The van der Waals surface area contributed by atoms with Crippen LogP contribution >= 0.6 is 0 Å². The van der Waals surface area contributed by atoms with E-state index in [2.05, 4.69) is 13.8 Å². The highest BCUT2D eigenvalue weighted by Crippen LogP contribution is 2.40. The lowest BCUT2D eigenvalue weighted by atomic mass is 9.81. The van der Waals surface area contributed by atoms with E-state index in [9.17, 15) is 9.59 Å². The summed E-state index contributed by atoms with van der Waals surface area (Å²) in [5, 5.41) is 0. The molecule has 1 fully saturated rings. The molecule has 4 nitrogen and oxygen atoms in total. The fraction of sp³-hybridized carbons (Fsp3) is 0.467. The highest BCUT2D eigenvalue weighted by molar-refractivity contribution is 6.07. The summed E-state index contributed by atoms with van der Waals surface area (Å²) in [5.41, 5.74) is 0.0234. The molecule has 1 aliphatic rings. The molecule has 4 heteroatoms. The van der Waals surface area contributed by atoms with Gasteiger partial charge in [0, 0.05) is 14.1 Å². The first-order valence-electron chi connectivity index (χ1n) is 6.52. The normalized spacial score (nSPS) is 23.6. The molecule has 0 radical (unpaired) electrons. The third-order valence-corrected chi connectivity index (χ3v) is 3.76. The summed E-state index contributed by atoms with van der Waals surface area (Å²) in [5.74, 6) is 0.172. The van der Waals surface area contributed by atoms with Gasteiger partial charge in [0.2, 0.25) is 0 Å². The van der Waals surface area contributed by atoms with E-state index in [4.69, 9.17) is 0 Å². The van der Waals surface area contributed by atoms with E-state index in [1.165, 1.54) is 4.90 Å². The lowest BCUT2D eigenvalue weighted by Crippen LogP contribution is -2.45. The fourth-order valence-corrected chi connectivity index (χ4v) is 2.86. The first kappa shape index (κ1) is 13.6. The van der Waals surface area contributed by atoms with Crippen molar-refractivity contribution in [3.05, 3.63) is 35.9 Å². The Hall–Kier alpha value is -1.84. The van der Waals surface area contributed by atoms with Gasteiger partial charge in [0.15, 0.2) is 0 Å². The van der Waals surface area contributed by atoms with Gasteiger partial charge in [-0.25, -0.2) is 4.79 Å². The second-order valence-electron chi connectivity index (χ2n) is 5.53. The van der Waals surface area contributed by atoms with Gasteiger partial charge < -0.3 is 4.90 Å². The number of imide groups is 1. The average Bonchev–Trinajstić information content (AvgIpc) is 2.56. The smallest absolute Gasteiger partial charge is 0.308 e. The molecule has 1 aromatic carbocycles. The Morgan fingerprint density at radius 2 is 1.68 bits per heavy atom. The first-order valence-corrected chi connectivity index (χ1v) is 6.52. The van der Waals surface area contributed by atoms with E-state index < -0.39 is 5.54 Å². The Balaban J connectivity index is 2.59. The van der Waals surface area contributed by atoms with Gasteiger partial charge in [-0.1, -0.05) is 44.2 Å². The van der Waals surface area contributed by atoms with E-state index in [0.717, 1.165) is 5.56 Å². The molecule has 0 saturated carbocycles. The summed E-state index contributed by atoms with van der Waals surface area (Å²) in [4.78, 5) is 27.6. The summed E-state index contributed by atoms with van der Waals surface area (Å²) in [6, 6.07) is 9.32. The number of likely N-dealkylation sites (N-methyl/N-ethyl adjacent to an activating group) is 2. The number of benzene rings is 1. The quantitative estimate of drug-likeness (QED) is 0.783. The Kier molecular flexibility index (Phi) is 3.35. The number of amides is 3. The number of nitrogens with zero attached hydrogens (tertiary/aromatic N) is 2. The van der Waals surface area contributed by atoms with Crippen molar-refractivity contribution >= 4 is 11.9 Å². The van der Waals surface area contributed by atoms with Gasteiger partial charge >= 0.3 is 6.03 Å². The third kappa shape index (κ3) is 1.91. The monoisotopic (exact) mass is 260 g/mol. The molecular weight excluding hydrogens is 240 g/mol. The number of carbonyl (C=O) groups excluding carboxylic acids is 2. The van der Waals surface area contributed by atoms with Gasteiger partial charge in [0.05, 0.1) is 0 Å². The number of rotatable bonds is 3. The van der Waals surface area contributed by atoms with Gasteiger partial charge in [0.25, 0.3) is 5.91 Å². The van der Waals surface area contributed by atoms with Crippen LogP contribution in [0.5, 0.6) is 0 Å². The van der Waals surface area contributed by atoms with Crippen LogP contribution in [0.1, 0.15) is 25.8 Å². The van der Waals surface area contributed by atoms with Gasteiger partial charge in [-0.2, -0.15) is 0 Å². The van der Waals surface area contributed by atoms with E-state index in [0.29, 0.717) is 12.3 Å². The van der Waals surface area contributed by atoms with Crippen LogP contribution in [0, 0.1) is 5.92 Å². The van der Waals surface area contributed by atoms with Crippen molar-refractivity contribution in [2.45, 2.75) is 25.8 Å². The summed E-state index contributed by atoms with van der Waals surface area (Å²) in [6.45, 7) is 4.13. The zero-order valence-electron chi connectivity index (χ0n) is 11.9. The summed E-state index contributed by atoms with van der Waals surface area (Å²) in [7, 11) is 3.26. The average molecular weight is 260 g/mol. The molecule has 1 aliphatic heterocycles. The molecule has 1 atom stereocenters. The van der Waals surface area contributed by atoms with Crippen LogP contribution in [0.3, 0.4) is 0 Å². The van der Waals surface area contributed by atoms with Crippen molar-refractivity contribution in [3.8, 4) is 0 Å². The number of urea groups is 1. The van der Waals surface area contributed by atoms with E-state index in [1.54, 1.807) is 19.0 Å². The van der Waals surface area contributed by atoms with Crippen molar-refractivity contribution in [2.24, 2.45) is 5.92 Å². The van der Waals surface area contributed by atoms with Crippen LogP contribution in [-0.4, -0.2) is 35.8 Å². The van der Waals surface area contributed by atoms with Crippen molar-refractivity contribution in [2.75, 3.05) is 14.1 Å². The summed E-state index contributed by atoms with van der Waals surface area (Å²) < 4.78 is 0. The zero-order valence-corrected chi connectivity index (χ0v) is 11.9. The lowest BCUT2D eigenvalue weighted by molar-refractivity contribution is -0.133. The van der Waals surface area contributed by atoms with E-state index in [1.807, 2.05) is 30.3 Å². The van der Waals surface area contributed by atoms with Gasteiger partial charge in [0.1, 0.15) is 5.54 Å². The van der Waals surface area contributed by atoms with E-state index in [-0.39, 0.29) is 11.9 Å². The van der Waals surface area contributed by atoms with Crippen molar-refractivity contribution in [1.29, 1.82) is 0 Å². The molecule has 1 unspecified atom stereocenters. The third-order valence-electron chi connectivity index (χ3n) is 3.76. The zero-order chi connectivity index (χ0) is 14.2. The van der Waals surface area contributed by atoms with Crippen LogP contribution in [0.2, 0.25) is 0 Å². The summed E-state index contributed by atoms with van der Waals surface area (Å²) in [6.07, 6.45) is 0.627. The second-order valence-corrected chi connectivity index (χ2v) is 5.53. The Labute approximate surface area is 114 Å². The number of carbonyl (C=O) groups is 2. The maximum absolute atomic E-state index is 12.6. The molecule has 1 heterocycles. The molecule has 3 amide bonds. The van der Waals surface area contributed by atoms with Crippen molar-refractivity contribution < 1.29 is 9.59 Å².